The molecule has 2 aliphatic heterocycles. The van der Waals surface area contributed by atoms with Crippen molar-refractivity contribution in [2.75, 3.05) is 4.90 Å². The molecule has 0 aliphatic carbocycles. The van der Waals surface area contributed by atoms with Gasteiger partial charge in [0.05, 0.1) is 22.2 Å². The molecule has 2 aliphatic rings. The van der Waals surface area contributed by atoms with Crippen LogP contribution in [0, 0.1) is 0 Å². The Balaban J connectivity index is 1.04. The van der Waals surface area contributed by atoms with Gasteiger partial charge in [0, 0.05) is 75.4 Å². The summed E-state index contributed by atoms with van der Waals surface area (Å²) in [6.45, 7) is 0.0649. The lowest BCUT2D eigenvalue weighted by molar-refractivity contribution is 0.669. The molecule has 4 aromatic heterocycles. The van der Waals surface area contributed by atoms with Crippen molar-refractivity contribution in [1.29, 1.82) is 0 Å². The summed E-state index contributed by atoms with van der Waals surface area (Å²) in [5.41, 5.74) is 17.9. The molecular weight excluding hydrogens is 774 g/mol. The zero-order valence-corrected chi connectivity index (χ0v) is 34.0. The Bertz CT molecular complexity index is 4080. The molecule has 0 unspecified atom stereocenters. The van der Waals surface area contributed by atoms with Crippen molar-refractivity contribution in [3.05, 3.63) is 194 Å². The third kappa shape index (κ3) is 4.12. The van der Waals surface area contributed by atoms with E-state index in [0.717, 1.165) is 33.2 Å². The van der Waals surface area contributed by atoms with E-state index in [1.807, 2.05) is 17.4 Å². The van der Waals surface area contributed by atoms with Crippen LogP contribution < -0.4 is 20.6 Å². The Hall–Kier alpha value is -7.80. The number of hydrogen-bond donors (Lipinski definition) is 0. The molecule has 0 amide bonds. The Morgan fingerprint density at radius 1 is 0.452 bits per heavy atom. The zero-order chi connectivity index (χ0) is 40.2. The summed E-state index contributed by atoms with van der Waals surface area (Å²) < 4.78 is 14.1. The van der Waals surface area contributed by atoms with E-state index in [2.05, 4.69) is 202 Å². The van der Waals surface area contributed by atoms with Crippen LogP contribution in [-0.4, -0.2) is 15.8 Å². The number of fused-ring (bicyclic) bond motifs is 16. The van der Waals surface area contributed by atoms with E-state index in [0.29, 0.717) is 0 Å². The SMILES string of the molecule is c1ccc(-n2c3ccccc3c3ccc4c(c5cccc6c5n4-c4cccc5c4B6c4sc6ccccc6c4N5c4cccc(-c5cccc6oc7ccccc7c56)c4)c32)cc1. The van der Waals surface area contributed by atoms with Crippen LogP contribution in [0.15, 0.2) is 199 Å². The van der Waals surface area contributed by atoms with E-state index in [-0.39, 0.29) is 6.71 Å². The molecular formula is C56H32BN3OS. The maximum Gasteiger partial charge on any atom is 0.264 e. The fourth-order valence-corrected chi connectivity index (χ4v) is 12.6. The van der Waals surface area contributed by atoms with Crippen LogP contribution in [0.2, 0.25) is 0 Å². The fraction of sp³-hybridized carbons (Fsp3) is 0. The number of nitrogens with zero attached hydrogens (tertiary/aromatic N) is 3. The molecule has 0 atom stereocenters. The normalized spacial score (nSPS) is 13.1. The van der Waals surface area contributed by atoms with E-state index in [1.54, 1.807) is 0 Å². The molecule has 6 heterocycles. The number of thiophene rings is 1. The van der Waals surface area contributed by atoms with E-state index in [9.17, 15) is 0 Å². The van der Waals surface area contributed by atoms with Gasteiger partial charge in [-0.1, -0.05) is 127 Å². The lowest BCUT2D eigenvalue weighted by Crippen LogP contribution is -2.59. The average molecular weight is 806 g/mol. The van der Waals surface area contributed by atoms with Crippen molar-refractivity contribution >= 4 is 126 Å². The van der Waals surface area contributed by atoms with Gasteiger partial charge in [-0.15, -0.1) is 11.3 Å². The lowest BCUT2D eigenvalue weighted by Gasteiger charge is -2.39. The first-order valence-corrected chi connectivity index (χ1v) is 22.1. The Morgan fingerprint density at radius 2 is 1.18 bits per heavy atom. The van der Waals surface area contributed by atoms with Gasteiger partial charge in [0.1, 0.15) is 11.2 Å². The van der Waals surface area contributed by atoms with Crippen molar-refractivity contribution in [2.24, 2.45) is 0 Å². The van der Waals surface area contributed by atoms with Crippen LogP contribution in [-0.2, 0) is 0 Å². The number of furan rings is 1. The summed E-state index contributed by atoms with van der Waals surface area (Å²) >= 11 is 1.95. The number of rotatable bonds is 3. The van der Waals surface area contributed by atoms with Gasteiger partial charge in [0.2, 0.25) is 0 Å². The van der Waals surface area contributed by atoms with E-state index >= 15 is 0 Å². The highest BCUT2D eigenvalue weighted by molar-refractivity contribution is 7.33. The second-order valence-electron chi connectivity index (χ2n) is 16.7. The minimum absolute atomic E-state index is 0.0649. The molecule has 0 saturated carbocycles. The number of anilines is 3. The van der Waals surface area contributed by atoms with Crippen molar-refractivity contribution < 1.29 is 4.42 Å². The molecule has 286 valence electrons. The van der Waals surface area contributed by atoms with Crippen LogP contribution >= 0.6 is 11.3 Å². The van der Waals surface area contributed by atoms with Crippen LogP contribution in [0.3, 0.4) is 0 Å². The smallest absolute Gasteiger partial charge is 0.264 e. The van der Waals surface area contributed by atoms with Gasteiger partial charge in [-0.25, -0.2) is 0 Å². The van der Waals surface area contributed by atoms with Gasteiger partial charge in [0.15, 0.2) is 0 Å². The minimum atomic E-state index is 0.0649. The summed E-state index contributed by atoms with van der Waals surface area (Å²) in [5, 5.41) is 8.69. The Kier molecular flexibility index (Phi) is 6.35. The van der Waals surface area contributed by atoms with Gasteiger partial charge in [-0.2, -0.15) is 0 Å². The molecule has 62 heavy (non-hydrogen) atoms. The highest BCUT2D eigenvalue weighted by Gasteiger charge is 2.44. The first-order valence-electron chi connectivity index (χ1n) is 21.3. The molecule has 0 fully saturated rings. The summed E-state index contributed by atoms with van der Waals surface area (Å²) in [6.07, 6.45) is 0. The monoisotopic (exact) mass is 805 g/mol. The minimum Gasteiger partial charge on any atom is -0.456 e. The predicted octanol–water partition coefficient (Wildman–Crippen LogP) is 13.3. The molecule has 0 radical (unpaired) electrons. The van der Waals surface area contributed by atoms with Crippen LogP contribution in [0.1, 0.15) is 0 Å². The van der Waals surface area contributed by atoms with Gasteiger partial charge < -0.3 is 18.5 Å². The summed E-state index contributed by atoms with van der Waals surface area (Å²) in [6, 6.07) is 71.4. The topological polar surface area (TPSA) is 26.2 Å². The van der Waals surface area contributed by atoms with E-state index in [4.69, 9.17) is 4.42 Å². The van der Waals surface area contributed by atoms with Crippen LogP contribution in [0.25, 0.3) is 98.1 Å². The molecule has 9 aromatic carbocycles. The summed E-state index contributed by atoms with van der Waals surface area (Å²) in [4.78, 5) is 2.56. The Morgan fingerprint density at radius 3 is 2.11 bits per heavy atom. The number of benzene rings is 9. The third-order valence-electron chi connectivity index (χ3n) is 13.7. The third-order valence-corrected chi connectivity index (χ3v) is 14.9. The standard InChI is InChI=1S/C56H32BN3OS/c1-2-15-34(16-3-1)58-43-24-7-4-18-37(43)38-30-31-44-51(54(38)58)41-22-11-23-42-53(41)60(44)46-26-13-25-45-52(46)57(42)56-55(40-20-6-9-29-49(40)62-56)59(45)35-17-10-14-33(32-35)36-21-12-28-48-50(36)39-19-5-8-27-47(39)61-48/h1-32H. The first-order chi connectivity index (χ1) is 30.8. The summed E-state index contributed by atoms with van der Waals surface area (Å²) in [5.74, 6) is 0. The largest absolute Gasteiger partial charge is 0.456 e. The first kappa shape index (κ1) is 33.0. The molecule has 0 bridgehead atoms. The fourth-order valence-electron chi connectivity index (χ4n) is 11.3. The highest BCUT2D eigenvalue weighted by atomic mass is 32.1. The molecule has 13 aromatic rings. The molecule has 15 rings (SSSR count). The van der Waals surface area contributed by atoms with E-state index < -0.39 is 0 Å². The number of aromatic nitrogens is 2. The highest BCUT2D eigenvalue weighted by Crippen LogP contribution is 2.48. The molecule has 4 nitrogen and oxygen atoms in total. The quantitative estimate of drug-likeness (QED) is 0.166. The van der Waals surface area contributed by atoms with Gasteiger partial charge in [-0.3, -0.25) is 0 Å². The molecule has 6 heteroatoms. The van der Waals surface area contributed by atoms with Gasteiger partial charge >= 0.3 is 0 Å². The summed E-state index contributed by atoms with van der Waals surface area (Å²) in [7, 11) is 0. The molecule has 0 saturated heterocycles. The van der Waals surface area contributed by atoms with Crippen LogP contribution in [0.4, 0.5) is 17.1 Å². The predicted molar refractivity (Wildman–Crippen MR) is 263 cm³/mol. The maximum absolute atomic E-state index is 6.37. The second kappa shape index (κ2) is 11.9. The molecule has 0 spiro atoms. The van der Waals surface area contributed by atoms with Crippen molar-refractivity contribution in [3.63, 3.8) is 0 Å². The van der Waals surface area contributed by atoms with Crippen molar-refractivity contribution in [1.82, 2.24) is 9.13 Å². The van der Waals surface area contributed by atoms with E-state index in [1.165, 1.54) is 97.7 Å². The molecule has 0 N–H and O–H groups in total. The van der Waals surface area contributed by atoms with Gasteiger partial charge in [-0.05, 0) is 88.8 Å². The Labute approximate surface area is 359 Å². The number of para-hydroxylation sites is 4. The maximum atomic E-state index is 6.37. The lowest BCUT2D eigenvalue weighted by atomic mass is 9.36. The number of hydrogen-bond acceptors (Lipinski definition) is 3. The van der Waals surface area contributed by atoms with Crippen LogP contribution in [0.5, 0.6) is 0 Å². The average Bonchev–Trinajstić information content (AvgIpc) is 4.09. The second-order valence-corrected chi connectivity index (χ2v) is 17.8. The van der Waals surface area contributed by atoms with Gasteiger partial charge in [0.25, 0.3) is 6.71 Å². The van der Waals surface area contributed by atoms with Crippen molar-refractivity contribution in [3.8, 4) is 22.5 Å². The van der Waals surface area contributed by atoms with Crippen molar-refractivity contribution in [2.45, 2.75) is 0 Å². The zero-order valence-electron chi connectivity index (χ0n) is 33.2.